The first-order valence-electron chi connectivity index (χ1n) is 6.32. The standard InChI is InChI=1S/C13H18N2O5/c1-9(8-16)3-2-6-14-10-4-5-11(13(17)18)12(7-10)15(19)20/h4-5,7,9,14,16H,2-3,6,8H2,1H3,(H,17,18). The summed E-state index contributed by atoms with van der Waals surface area (Å²) in [6, 6.07) is 3.95. The van der Waals surface area contributed by atoms with Gasteiger partial charge in [0.2, 0.25) is 0 Å². The number of carbonyl (C=O) groups is 1. The van der Waals surface area contributed by atoms with E-state index in [0.717, 1.165) is 12.8 Å². The number of anilines is 1. The van der Waals surface area contributed by atoms with Crippen LogP contribution in [0, 0.1) is 16.0 Å². The zero-order valence-electron chi connectivity index (χ0n) is 11.2. The van der Waals surface area contributed by atoms with Gasteiger partial charge in [-0.25, -0.2) is 4.79 Å². The number of nitro benzene ring substituents is 1. The second-order valence-electron chi connectivity index (χ2n) is 4.65. The number of aliphatic hydroxyl groups is 1. The van der Waals surface area contributed by atoms with Crippen molar-refractivity contribution in [3.8, 4) is 0 Å². The lowest BCUT2D eigenvalue weighted by molar-refractivity contribution is -0.385. The summed E-state index contributed by atoms with van der Waals surface area (Å²) in [5, 5.41) is 31.6. The Balaban J connectivity index is 2.66. The molecule has 7 nitrogen and oxygen atoms in total. The molecule has 1 aromatic carbocycles. The molecule has 7 heteroatoms. The molecule has 0 bridgehead atoms. The summed E-state index contributed by atoms with van der Waals surface area (Å²) >= 11 is 0. The van der Waals surface area contributed by atoms with Crippen molar-refractivity contribution < 1.29 is 19.9 Å². The predicted octanol–water partition coefficient (Wildman–Crippen LogP) is 2.11. The highest BCUT2D eigenvalue weighted by molar-refractivity contribution is 5.93. The van der Waals surface area contributed by atoms with Gasteiger partial charge in [0.25, 0.3) is 5.69 Å². The van der Waals surface area contributed by atoms with Crippen LogP contribution >= 0.6 is 0 Å². The average Bonchev–Trinajstić information content (AvgIpc) is 2.42. The monoisotopic (exact) mass is 282 g/mol. The van der Waals surface area contributed by atoms with Crippen LogP contribution in [0.2, 0.25) is 0 Å². The third-order valence-corrected chi connectivity index (χ3v) is 2.94. The van der Waals surface area contributed by atoms with E-state index in [9.17, 15) is 14.9 Å². The van der Waals surface area contributed by atoms with Crippen LogP contribution in [0.3, 0.4) is 0 Å². The fourth-order valence-corrected chi connectivity index (χ4v) is 1.75. The minimum absolute atomic E-state index is 0.138. The number of nitrogens with one attached hydrogen (secondary N) is 1. The molecule has 1 aromatic rings. The zero-order chi connectivity index (χ0) is 15.1. The van der Waals surface area contributed by atoms with Crippen LogP contribution in [-0.2, 0) is 0 Å². The van der Waals surface area contributed by atoms with E-state index in [1.165, 1.54) is 18.2 Å². The molecule has 0 fully saturated rings. The van der Waals surface area contributed by atoms with E-state index in [-0.39, 0.29) is 18.1 Å². The fraction of sp³-hybridized carbons (Fsp3) is 0.462. The predicted molar refractivity (Wildman–Crippen MR) is 74.0 cm³/mol. The summed E-state index contributed by atoms with van der Waals surface area (Å²) in [6.45, 7) is 2.68. The molecule has 20 heavy (non-hydrogen) atoms. The number of nitrogens with zero attached hydrogens (tertiary/aromatic N) is 1. The maximum Gasteiger partial charge on any atom is 0.342 e. The average molecular weight is 282 g/mol. The van der Waals surface area contributed by atoms with Gasteiger partial charge in [-0.3, -0.25) is 10.1 Å². The first kappa shape index (κ1) is 15.9. The van der Waals surface area contributed by atoms with E-state index < -0.39 is 16.6 Å². The molecule has 1 atom stereocenters. The Bertz CT molecular complexity index is 490. The molecule has 1 unspecified atom stereocenters. The Morgan fingerprint density at radius 3 is 2.75 bits per heavy atom. The summed E-state index contributed by atoms with van der Waals surface area (Å²) in [5.41, 5.74) is -0.237. The van der Waals surface area contributed by atoms with Crippen LogP contribution in [0.1, 0.15) is 30.1 Å². The number of hydrogen-bond acceptors (Lipinski definition) is 5. The van der Waals surface area contributed by atoms with Crippen molar-refractivity contribution in [2.45, 2.75) is 19.8 Å². The maximum atomic E-state index is 10.9. The highest BCUT2D eigenvalue weighted by atomic mass is 16.6. The first-order chi connectivity index (χ1) is 9.45. The largest absolute Gasteiger partial charge is 0.477 e. The van der Waals surface area contributed by atoms with E-state index in [4.69, 9.17) is 10.2 Å². The maximum absolute atomic E-state index is 10.9. The number of hydrogen-bond donors (Lipinski definition) is 3. The number of carboxylic acids is 1. The third-order valence-electron chi connectivity index (χ3n) is 2.94. The quantitative estimate of drug-likeness (QED) is 0.382. The fourth-order valence-electron chi connectivity index (χ4n) is 1.75. The minimum atomic E-state index is -1.32. The Labute approximate surface area is 116 Å². The highest BCUT2D eigenvalue weighted by Gasteiger charge is 2.19. The molecular formula is C13H18N2O5. The normalized spacial score (nSPS) is 11.9. The lowest BCUT2D eigenvalue weighted by atomic mass is 10.1. The van der Waals surface area contributed by atoms with Crippen LogP contribution in [0.25, 0.3) is 0 Å². The van der Waals surface area contributed by atoms with Gasteiger partial charge in [-0.2, -0.15) is 0 Å². The zero-order valence-corrected chi connectivity index (χ0v) is 11.2. The third kappa shape index (κ3) is 4.51. The second-order valence-corrected chi connectivity index (χ2v) is 4.65. The molecule has 0 saturated heterocycles. The minimum Gasteiger partial charge on any atom is -0.477 e. The Kier molecular flexibility index (Phi) is 5.92. The van der Waals surface area contributed by atoms with Gasteiger partial charge in [0.05, 0.1) is 4.92 Å². The van der Waals surface area contributed by atoms with Crippen molar-refractivity contribution in [1.29, 1.82) is 0 Å². The van der Waals surface area contributed by atoms with Crippen molar-refractivity contribution in [2.75, 3.05) is 18.5 Å². The van der Waals surface area contributed by atoms with Crippen LogP contribution in [-0.4, -0.2) is 34.3 Å². The summed E-state index contributed by atoms with van der Waals surface area (Å²) in [5.74, 6) is -1.10. The van der Waals surface area contributed by atoms with Gasteiger partial charge >= 0.3 is 5.97 Å². The van der Waals surface area contributed by atoms with Crippen molar-refractivity contribution in [3.63, 3.8) is 0 Å². The molecule has 3 N–H and O–H groups in total. The molecule has 0 aliphatic rings. The highest BCUT2D eigenvalue weighted by Crippen LogP contribution is 2.23. The summed E-state index contributed by atoms with van der Waals surface area (Å²) in [7, 11) is 0. The second kappa shape index (κ2) is 7.44. The molecule has 0 saturated carbocycles. The Hall–Kier alpha value is -2.15. The summed E-state index contributed by atoms with van der Waals surface area (Å²) in [6.07, 6.45) is 1.66. The number of benzene rings is 1. The van der Waals surface area contributed by atoms with Gasteiger partial charge < -0.3 is 15.5 Å². The molecule has 1 rings (SSSR count). The van der Waals surface area contributed by atoms with Crippen LogP contribution in [0.4, 0.5) is 11.4 Å². The van der Waals surface area contributed by atoms with Gasteiger partial charge in [0, 0.05) is 24.9 Å². The molecule has 0 aromatic heterocycles. The smallest absolute Gasteiger partial charge is 0.342 e. The summed E-state index contributed by atoms with van der Waals surface area (Å²) < 4.78 is 0. The molecule has 0 aliphatic heterocycles. The van der Waals surface area contributed by atoms with Gasteiger partial charge in [-0.15, -0.1) is 0 Å². The Morgan fingerprint density at radius 1 is 1.50 bits per heavy atom. The first-order valence-corrected chi connectivity index (χ1v) is 6.32. The van der Waals surface area contributed by atoms with Gasteiger partial charge in [-0.05, 0) is 30.9 Å². The van der Waals surface area contributed by atoms with Crippen molar-refractivity contribution >= 4 is 17.3 Å². The van der Waals surface area contributed by atoms with E-state index >= 15 is 0 Å². The van der Waals surface area contributed by atoms with Crippen molar-refractivity contribution in [1.82, 2.24) is 0 Å². The number of aromatic carboxylic acids is 1. The summed E-state index contributed by atoms with van der Waals surface area (Å²) in [4.78, 5) is 21.0. The number of aliphatic hydroxyl groups excluding tert-OH is 1. The topological polar surface area (TPSA) is 113 Å². The number of carboxylic acid groups (broad SMARTS) is 1. The van der Waals surface area contributed by atoms with E-state index in [0.29, 0.717) is 12.2 Å². The van der Waals surface area contributed by atoms with Gasteiger partial charge in [-0.1, -0.05) is 6.92 Å². The van der Waals surface area contributed by atoms with E-state index in [1.807, 2.05) is 6.92 Å². The van der Waals surface area contributed by atoms with Crippen LogP contribution in [0.15, 0.2) is 18.2 Å². The molecular weight excluding hydrogens is 264 g/mol. The number of nitro groups is 1. The van der Waals surface area contributed by atoms with Crippen molar-refractivity contribution in [2.24, 2.45) is 5.92 Å². The lowest BCUT2D eigenvalue weighted by Gasteiger charge is -2.09. The van der Waals surface area contributed by atoms with Crippen LogP contribution < -0.4 is 5.32 Å². The van der Waals surface area contributed by atoms with Crippen molar-refractivity contribution in [3.05, 3.63) is 33.9 Å². The van der Waals surface area contributed by atoms with Gasteiger partial charge in [0.1, 0.15) is 5.56 Å². The van der Waals surface area contributed by atoms with Gasteiger partial charge in [0.15, 0.2) is 0 Å². The number of rotatable bonds is 8. The molecule has 0 heterocycles. The van der Waals surface area contributed by atoms with E-state index in [1.54, 1.807) is 0 Å². The molecule has 0 spiro atoms. The molecule has 0 aliphatic carbocycles. The molecule has 110 valence electrons. The van der Waals surface area contributed by atoms with E-state index in [2.05, 4.69) is 5.32 Å². The van der Waals surface area contributed by atoms with Crippen LogP contribution in [0.5, 0.6) is 0 Å². The molecule has 0 amide bonds. The SMILES string of the molecule is CC(CO)CCCNc1ccc(C(=O)O)c([N+](=O)[O-])c1. The molecule has 0 radical (unpaired) electrons. The Morgan fingerprint density at radius 2 is 2.20 bits per heavy atom. The lowest BCUT2D eigenvalue weighted by Crippen LogP contribution is -2.08.